The summed E-state index contributed by atoms with van der Waals surface area (Å²) in [5.74, 6) is 0. The SMILES string of the molecule is CC1CCCCCN1c1cc(CO)nc2ccccc12. The second-order valence-electron chi connectivity index (χ2n) is 5.70. The van der Waals surface area contributed by atoms with Crippen LogP contribution in [0.5, 0.6) is 0 Å². The number of hydrogen-bond donors (Lipinski definition) is 1. The maximum absolute atomic E-state index is 9.46. The number of fused-ring (bicyclic) bond motifs is 1. The van der Waals surface area contributed by atoms with E-state index in [4.69, 9.17) is 0 Å². The van der Waals surface area contributed by atoms with E-state index < -0.39 is 0 Å². The third kappa shape index (κ3) is 2.50. The summed E-state index contributed by atoms with van der Waals surface area (Å²) in [6, 6.07) is 10.8. The van der Waals surface area contributed by atoms with Gasteiger partial charge in [0, 0.05) is 23.7 Å². The molecule has 0 spiro atoms. The molecule has 1 aromatic carbocycles. The van der Waals surface area contributed by atoms with Crippen LogP contribution in [-0.4, -0.2) is 22.7 Å². The molecule has 0 saturated carbocycles. The molecule has 1 aliphatic rings. The zero-order chi connectivity index (χ0) is 13.9. The molecule has 20 heavy (non-hydrogen) atoms. The minimum absolute atomic E-state index is 0.0000548. The summed E-state index contributed by atoms with van der Waals surface area (Å²) >= 11 is 0. The minimum Gasteiger partial charge on any atom is -0.390 e. The van der Waals surface area contributed by atoms with E-state index in [-0.39, 0.29) is 6.61 Å². The minimum atomic E-state index is 0.0000548. The molecule has 2 heterocycles. The highest BCUT2D eigenvalue weighted by Crippen LogP contribution is 2.31. The molecule has 1 fully saturated rings. The third-order valence-electron chi connectivity index (χ3n) is 4.27. The molecule has 0 radical (unpaired) electrons. The molecule has 0 amide bonds. The van der Waals surface area contributed by atoms with Crippen LogP contribution in [0.4, 0.5) is 5.69 Å². The number of aliphatic hydroxyl groups excluding tert-OH is 1. The van der Waals surface area contributed by atoms with Crippen molar-refractivity contribution < 1.29 is 5.11 Å². The topological polar surface area (TPSA) is 36.4 Å². The van der Waals surface area contributed by atoms with Crippen molar-refractivity contribution in [2.75, 3.05) is 11.4 Å². The van der Waals surface area contributed by atoms with E-state index in [0.29, 0.717) is 6.04 Å². The summed E-state index contributed by atoms with van der Waals surface area (Å²) < 4.78 is 0. The zero-order valence-corrected chi connectivity index (χ0v) is 12.0. The smallest absolute Gasteiger partial charge is 0.0854 e. The van der Waals surface area contributed by atoms with Gasteiger partial charge in [0.1, 0.15) is 0 Å². The van der Waals surface area contributed by atoms with Gasteiger partial charge < -0.3 is 10.0 Å². The van der Waals surface area contributed by atoms with E-state index in [1.54, 1.807) is 0 Å². The number of hydrogen-bond acceptors (Lipinski definition) is 3. The van der Waals surface area contributed by atoms with Crippen molar-refractivity contribution in [3.63, 3.8) is 0 Å². The highest BCUT2D eigenvalue weighted by molar-refractivity contribution is 5.92. The number of pyridine rings is 1. The van der Waals surface area contributed by atoms with Crippen molar-refractivity contribution in [3.05, 3.63) is 36.0 Å². The van der Waals surface area contributed by atoms with Gasteiger partial charge in [-0.15, -0.1) is 0 Å². The van der Waals surface area contributed by atoms with Crippen molar-refractivity contribution >= 4 is 16.6 Å². The van der Waals surface area contributed by atoms with E-state index in [2.05, 4.69) is 35.0 Å². The van der Waals surface area contributed by atoms with Crippen LogP contribution in [0, 0.1) is 0 Å². The lowest BCUT2D eigenvalue weighted by Crippen LogP contribution is -2.32. The first-order valence-electron chi connectivity index (χ1n) is 7.56. The van der Waals surface area contributed by atoms with Crippen LogP contribution in [0.1, 0.15) is 38.3 Å². The fourth-order valence-electron chi connectivity index (χ4n) is 3.16. The fourth-order valence-corrected chi connectivity index (χ4v) is 3.16. The van der Waals surface area contributed by atoms with Crippen LogP contribution in [-0.2, 0) is 6.61 Å². The Labute approximate surface area is 120 Å². The molecule has 3 nitrogen and oxygen atoms in total. The van der Waals surface area contributed by atoms with Crippen LogP contribution < -0.4 is 4.90 Å². The first kappa shape index (κ1) is 13.4. The lowest BCUT2D eigenvalue weighted by Gasteiger charge is -2.30. The average Bonchev–Trinajstić information content (AvgIpc) is 2.70. The van der Waals surface area contributed by atoms with Gasteiger partial charge in [-0.25, -0.2) is 0 Å². The van der Waals surface area contributed by atoms with Gasteiger partial charge in [-0.1, -0.05) is 31.0 Å². The van der Waals surface area contributed by atoms with E-state index in [1.807, 2.05) is 12.1 Å². The van der Waals surface area contributed by atoms with Crippen LogP contribution in [0.25, 0.3) is 10.9 Å². The highest BCUT2D eigenvalue weighted by Gasteiger charge is 2.20. The van der Waals surface area contributed by atoms with E-state index in [9.17, 15) is 5.11 Å². The summed E-state index contributed by atoms with van der Waals surface area (Å²) in [5.41, 5.74) is 2.97. The van der Waals surface area contributed by atoms with Crippen molar-refractivity contribution in [3.8, 4) is 0 Å². The van der Waals surface area contributed by atoms with Crippen molar-refractivity contribution in [1.82, 2.24) is 4.98 Å². The lowest BCUT2D eigenvalue weighted by molar-refractivity contribution is 0.277. The Bertz CT molecular complexity index is 597. The second-order valence-corrected chi connectivity index (χ2v) is 5.70. The van der Waals surface area contributed by atoms with E-state index >= 15 is 0 Å². The van der Waals surface area contributed by atoms with Gasteiger partial charge >= 0.3 is 0 Å². The largest absolute Gasteiger partial charge is 0.390 e. The molecule has 106 valence electrons. The molecule has 1 saturated heterocycles. The summed E-state index contributed by atoms with van der Waals surface area (Å²) in [6.45, 7) is 3.40. The molecule has 1 unspecified atom stereocenters. The summed E-state index contributed by atoms with van der Waals surface area (Å²) in [7, 11) is 0. The number of rotatable bonds is 2. The first-order chi connectivity index (χ1) is 9.79. The number of aromatic nitrogens is 1. The Hall–Kier alpha value is -1.61. The van der Waals surface area contributed by atoms with Gasteiger partial charge in [-0.3, -0.25) is 4.98 Å². The number of aliphatic hydroxyl groups is 1. The van der Waals surface area contributed by atoms with Gasteiger partial charge in [-0.2, -0.15) is 0 Å². The summed E-state index contributed by atoms with van der Waals surface area (Å²) in [4.78, 5) is 7.02. The Morgan fingerprint density at radius 3 is 2.95 bits per heavy atom. The van der Waals surface area contributed by atoms with E-state index in [1.165, 1.54) is 36.8 Å². The molecule has 2 aromatic rings. The van der Waals surface area contributed by atoms with Crippen molar-refractivity contribution in [2.24, 2.45) is 0 Å². The second kappa shape index (κ2) is 5.80. The Kier molecular flexibility index (Phi) is 3.88. The molecular formula is C17H22N2O. The van der Waals surface area contributed by atoms with Gasteiger partial charge in [-0.05, 0) is 31.9 Å². The Balaban J connectivity index is 2.12. The molecule has 3 rings (SSSR count). The highest BCUT2D eigenvalue weighted by atomic mass is 16.3. The van der Waals surface area contributed by atoms with Crippen LogP contribution >= 0.6 is 0 Å². The number of nitrogens with zero attached hydrogens (tertiary/aromatic N) is 2. The fraction of sp³-hybridized carbons (Fsp3) is 0.471. The van der Waals surface area contributed by atoms with Crippen LogP contribution in [0.15, 0.2) is 30.3 Å². The normalized spacial score (nSPS) is 20.1. The number of anilines is 1. The van der Waals surface area contributed by atoms with Crippen LogP contribution in [0.2, 0.25) is 0 Å². The maximum atomic E-state index is 9.46. The molecule has 0 aliphatic carbocycles. The first-order valence-corrected chi connectivity index (χ1v) is 7.56. The summed E-state index contributed by atoms with van der Waals surface area (Å²) in [5, 5.41) is 10.7. The standard InChI is InChI=1S/C17H22N2O/c1-13-7-3-2-6-10-19(13)17-11-14(12-20)18-16-9-5-4-8-15(16)17/h4-5,8-9,11,13,20H,2-3,6-7,10,12H2,1H3. The number of benzene rings is 1. The van der Waals surface area contributed by atoms with Crippen LogP contribution in [0.3, 0.4) is 0 Å². The lowest BCUT2D eigenvalue weighted by atomic mass is 10.1. The third-order valence-corrected chi connectivity index (χ3v) is 4.27. The Morgan fingerprint density at radius 1 is 1.25 bits per heavy atom. The Morgan fingerprint density at radius 2 is 2.10 bits per heavy atom. The van der Waals surface area contributed by atoms with Gasteiger partial charge in [0.05, 0.1) is 17.8 Å². The summed E-state index contributed by atoms with van der Waals surface area (Å²) in [6.07, 6.45) is 5.12. The predicted molar refractivity (Wildman–Crippen MR) is 82.9 cm³/mol. The maximum Gasteiger partial charge on any atom is 0.0854 e. The molecule has 1 aromatic heterocycles. The van der Waals surface area contributed by atoms with Gasteiger partial charge in [0.25, 0.3) is 0 Å². The predicted octanol–water partition coefficient (Wildman–Crippen LogP) is 3.50. The van der Waals surface area contributed by atoms with Gasteiger partial charge in [0.2, 0.25) is 0 Å². The average molecular weight is 270 g/mol. The molecule has 1 aliphatic heterocycles. The molecule has 1 atom stereocenters. The zero-order valence-electron chi connectivity index (χ0n) is 12.0. The van der Waals surface area contributed by atoms with Crippen molar-refractivity contribution in [2.45, 2.75) is 45.3 Å². The monoisotopic (exact) mass is 270 g/mol. The molecular weight excluding hydrogens is 248 g/mol. The molecule has 3 heteroatoms. The van der Waals surface area contributed by atoms with Crippen molar-refractivity contribution in [1.29, 1.82) is 0 Å². The molecule has 0 bridgehead atoms. The van der Waals surface area contributed by atoms with Gasteiger partial charge in [0.15, 0.2) is 0 Å². The van der Waals surface area contributed by atoms with E-state index in [0.717, 1.165) is 17.8 Å². The molecule has 1 N–H and O–H groups in total. The number of para-hydroxylation sites is 1. The quantitative estimate of drug-likeness (QED) is 0.907.